The molecule has 1 aromatic heterocycles. The maximum Gasteiger partial charge on any atom is 0.329 e. The van der Waals surface area contributed by atoms with Gasteiger partial charge in [0.2, 0.25) is 0 Å². The van der Waals surface area contributed by atoms with Crippen molar-refractivity contribution in [3.8, 4) is 0 Å². The molecule has 2 aromatic rings. The van der Waals surface area contributed by atoms with Gasteiger partial charge < -0.3 is 10.2 Å². The van der Waals surface area contributed by atoms with Gasteiger partial charge in [-0.15, -0.1) is 0 Å². The average Bonchev–Trinajstić information content (AvgIpc) is 2.65. The largest absolute Gasteiger partial charge is 0.378 e. The number of benzene rings is 1. The van der Waals surface area contributed by atoms with Gasteiger partial charge in [-0.05, 0) is 36.5 Å². The molecule has 1 aliphatic heterocycles. The number of hydrogen-bond acceptors (Lipinski definition) is 5. The summed E-state index contributed by atoms with van der Waals surface area (Å²) in [6.45, 7) is 6.41. The van der Waals surface area contributed by atoms with E-state index >= 15 is 0 Å². The SMILES string of the molecule is CCn1c2c(c(=O)[nH]c1=O)[C@@H](c1ccc(N(C)C)cc1)C1=C(CC(C)(C)CC1=O)N2. The predicted octanol–water partition coefficient (Wildman–Crippen LogP) is 2.82. The summed E-state index contributed by atoms with van der Waals surface area (Å²) in [4.78, 5) is 43.1. The molecule has 0 spiro atoms. The highest BCUT2D eigenvalue weighted by Crippen LogP contribution is 2.47. The van der Waals surface area contributed by atoms with Crippen molar-refractivity contribution >= 4 is 17.3 Å². The summed E-state index contributed by atoms with van der Waals surface area (Å²) < 4.78 is 1.54. The zero-order valence-electron chi connectivity index (χ0n) is 18.1. The molecule has 1 atom stereocenters. The lowest BCUT2D eigenvalue weighted by Gasteiger charge is -2.39. The molecular weight excluding hydrogens is 380 g/mol. The summed E-state index contributed by atoms with van der Waals surface area (Å²) in [5.74, 6) is 0.0464. The number of H-pyrrole nitrogens is 1. The van der Waals surface area contributed by atoms with Gasteiger partial charge in [0, 0.05) is 49.9 Å². The van der Waals surface area contributed by atoms with Crippen LogP contribution in [0.25, 0.3) is 0 Å². The highest BCUT2D eigenvalue weighted by atomic mass is 16.2. The van der Waals surface area contributed by atoms with Crippen molar-refractivity contribution in [1.29, 1.82) is 0 Å². The normalized spacial score (nSPS) is 19.8. The van der Waals surface area contributed by atoms with Crippen molar-refractivity contribution in [1.82, 2.24) is 9.55 Å². The van der Waals surface area contributed by atoms with Gasteiger partial charge in [-0.1, -0.05) is 26.0 Å². The number of carbonyl (C=O) groups excluding carboxylic acids is 1. The molecule has 1 aliphatic carbocycles. The van der Waals surface area contributed by atoms with Crippen LogP contribution < -0.4 is 21.5 Å². The maximum atomic E-state index is 13.3. The minimum atomic E-state index is -0.502. The number of nitrogens with one attached hydrogen (secondary N) is 2. The molecule has 0 fully saturated rings. The van der Waals surface area contributed by atoms with E-state index in [1.54, 1.807) is 0 Å². The quantitative estimate of drug-likeness (QED) is 0.816. The number of anilines is 2. The fourth-order valence-electron chi connectivity index (χ4n) is 4.66. The topological polar surface area (TPSA) is 87.2 Å². The number of hydrogen-bond donors (Lipinski definition) is 2. The number of aromatic amines is 1. The van der Waals surface area contributed by atoms with Gasteiger partial charge >= 0.3 is 5.69 Å². The summed E-state index contributed by atoms with van der Waals surface area (Å²) in [7, 11) is 3.93. The second-order valence-corrected chi connectivity index (χ2v) is 9.14. The lowest BCUT2D eigenvalue weighted by Crippen LogP contribution is -2.41. The van der Waals surface area contributed by atoms with Crippen LogP contribution in [0.2, 0.25) is 0 Å². The minimum absolute atomic E-state index is 0.0507. The molecule has 0 saturated heterocycles. The lowest BCUT2D eigenvalue weighted by atomic mass is 9.69. The van der Waals surface area contributed by atoms with Gasteiger partial charge in [0.15, 0.2) is 5.78 Å². The van der Waals surface area contributed by atoms with E-state index in [1.807, 2.05) is 50.2 Å². The van der Waals surface area contributed by atoms with Crippen LogP contribution in [-0.4, -0.2) is 29.4 Å². The van der Waals surface area contributed by atoms with Crippen molar-refractivity contribution in [3.05, 3.63) is 67.5 Å². The molecule has 0 bridgehead atoms. The molecule has 0 saturated carbocycles. The van der Waals surface area contributed by atoms with E-state index in [2.05, 4.69) is 24.1 Å². The number of allylic oxidation sites excluding steroid dienone is 2. The summed E-state index contributed by atoms with van der Waals surface area (Å²) in [6, 6.07) is 7.90. The molecule has 0 unspecified atom stereocenters. The Bertz CT molecular complexity index is 1170. The van der Waals surface area contributed by atoms with Gasteiger partial charge in [-0.2, -0.15) is 0 Å². The zero-order chi connectivity index (χ0) is 21.8. The molecule has 158 valence electrons. The Labute approximate surface area is 175 Å². The van der Waals surface area contributed by atoms with E-state index in [0.29, 0.717) is 36.3 Å². The number of fused-ring (bicyclic) bond motifs is 1. The van der Waals surface area contributed by atoms with Gasteiger partial charge in [0.25, 0.3) is 5.56 Å². The number of carbonyl (C=O) groups is 1. The predicted molar refractivity (Wildman–Crippen MR) is 118 cm³/mol. The van der Waals surface area contributed by atoms with Crippen molar-refractivity contribution in [3.63, 3.8) is 0 Å². The van der Waals surface area contributed by atoms with Crippen LogP contribution in [-0.2, 0) is 11.3 Å². The first-order chi connectivity index (χ1) is 14.1. The van der Waals surface area contributed by atoms with Crippen LogP contribution >= 0.6 is 0 Å². The van der Waals surface area contributed by atoms with Crippen molar-refractivity contribution < 1.29 is 4.79 Å². The highest BCUT2D eigenvalue weighted by Gasteiger charge is 2.42. The first kappa shape index (κ1) is 20.2. The Hall–Kier alpha value is -3.09. The van der Waals surface area contributed by atoms with Gasteiger partial charge in [-0.25, -0.2) is 4.79 Å². The summed E-state index contributed by atoms with van der Waals surface area (Å²) >= 11 is 0. The molecule has 30 heavy (non-hydrogen) atoms. The molecule has 4 rings (SSSR count). The highest BCUT2D eigenvalue weighted by molar-refractivity contribution is 6.01. The van der Waals surface area contributed by atoms with E-state index in [0.717, 1.165) is 16.9 Å². The fraction of sp³-hybridized carbons (Fsp3) is 0.435. The van der Waals surface area contributed by atoms with Crippen LogP contribution in [0.1, 0.15) is 50.7 Å². The number of aromatic nitrogens is 2. The Morgan fingerprint density at radius 3 is 2.37 bits per heavy atom. The van der Waals surface area contributed by atoms with Crippen molar-refractivity contribution in [2.45, 2.75) is 46.1 Å². The molecule has 2 heterocycles. The van der Waals surface area contributed by atoms with E-state index < -0.39 is 17.2 Å². The van der Waals surface area contributed by atoms with Crippen LogP contribution in [0, 0.1) is 5.41 Å². The monoisotopic (exact) mass is 408 g/mol. The second kappa shape index (κ2) is 7.00. The van der Waals surface area contributed by atoms with Crippen LogP contribution in [0.5, 0.6) is 0 Å². The van der Waals surface area contributed by atoms with E-state index in [1.165, 1.54) is 4.57 Å². The molecule has 0 radical (unpaired) electrons. The van der Waals surface area contributed by atoms with Gasteiger partial charge in [0.05, 0.1) is 5.56 Å². The van der Waals surface area contributed by atoms with Crippen LogP contribution in [0.4, 0.5) is 11.5 Å². The Morgan fingerprint density at radius 2 is 1.77 bits per heavy atom. The van der Waals surface area contributed by atoms with Gasteiger partial charge in [-0.3, -0.25) is 19.1 Å². The maximum absolute atomic E-state index is 13.3. The number of rotatable bonds is 3. The Balaban J connectivity index is 2.00. The van der Waals surface area contributed by atoms with E-state index in [-0.39, 0.29) is 11.2 Å². The summed E-state index contributed by atoms with van der Waals surface area (Å²) in [6.07, 6.45) is 1.12. The first-order valence-electron chi connectivity index (χ1n) is 10.3. The molecule has 1 aromatic carbocycles. The molecule has 0 amide bonds. The second-order valence-electron chi connectivity index (χ2n) is 9.14. The summed E-state index contributed by atoms with van der Waals surface area (Å²) in [5.41, 5.74) is 2.73. The van der Waals surface area contributed by atoms with E-state index in [4.69, 9.17) is 0 Å². The van der Waals surface area contributed by atoms with E-state index in [9.17, 15) is 14.4 Å². The standard InChI is InChI=1S/C23H28N4O3/c1-6-27-20-19(21(29)25-22(27)30)17(13-7-9-14(10-8-13)26(4)5)18-15(24-20)11-23(2,3)12-16(18)28/h7-10,17,24H,6,11-12H2,1-5H3,(H,25,29,30)/t17-/m0/s1. The van der Waals surface area contributed by atoms with Crippen LogP contribution in [0.15, 0.2) is 45.1 Å². The Kier molecular flexibility index (Phi) is 4.71. The minimum Gasteiger partial charge on any atom is -0.378 e. The molecule has 7 nitrogen and oxygen atoms in total. The molecule has 7 heteroatoms. The number of ketones is 1. The van der Waals surface area contributed by atoms with Crippen LogP contribution in [0.3, 0.4) is 0 Å². The van der Waals surface area contributed by atoms with Crippen molar-refractivity contribution in [2.24, 2.45) is 5.41 Å². The fourth-order valence-corrected chi connectivity index (χ4v) is 4.66. The summed E-state index contributed by atoms with van der Waals surface area (Å²) in [5, 5.41) is 3.31. The third-order valence-electron chi connectivity index (χ3n) is 6.06. The average molecular weight is 409 g/mol. The first-order valence-corrected chi connectivity index (χ1v) is 10.3. The third-order valence-corrected chi connectivity index (χ3v) is 6.06. The smallest absolute Gasteiger partial charge is 0.329 e. The van der Waals surface area contributed by atoms with Gasteiger partial charge in [0.1, 0.15) is 5.82 Å². The zero-order valence-corrected chi connectivity index (χ0v) is 18.1. The molecular formula is C23H28N4O3. The third kappa shape index (κ3) is 3.18. The Morgan fingerprint density at radius 1 is 1.10 bits per heavy atom. The van der Waals surface area contributed by atoms with Crippen molar-refractivity contribution in [2.75, 3.05) is 24.3 Å². The molecule has 2 aliphatic rings. The lowest BCUT2D eigenvalue weighted by molar-refractivity contribution is -0.118. The number of nitrogens with zero attached hydrogens (tertiary/aromatic N) is 2. The molecule has 2 N–H and O–H groups in total. The number of Topliss-reactive ketones (excluding diaryl/α,β-unsaturated/α-hetero) is 1.